The molecule has 0 radical (unpaired) electrons. The summed E-state index contributed by atoms with van der Waals surface area (Å²) in [6.45, 7) is 8.10. The van der Waals surface area contributed by atoms with Gasteiger partial charge in [0.15, 0.2) is 17.5 Å². The average Bonchev–Trinajstić information content (AvgIpc) is 3.24. The molecule has 2 N–H and O–H groups in total. The van der Waals surface area contributed by atoms with Gasteiger partial charge in [-0.05, 0) is 69.9 Å². The molecule has 1 heterocycles. The van der Waals surface area contributed by atoms with E-state index in [0.717, 1.165) is 31.0 Å². The maximum Gasteiger partial charge on any atom is 0.203 e. The van der Waals surface area contributed by atoms with Crippen molar-refractivity contribution >= 4 is 29.9 Å². The molecule has 1 aliphatic heterocycles. The maximum absolute atomic E-state index is 5.42. The number of aliphatic imine (C=N–C) groups is 1. The number of halogens is 1. The Morgan fingerprint density at radius 1 is 1.00 bits per heavy atom. The van der Waals surface area contributed by atoms with Gasteiger partial charge >= 0.3 is 0 Å². The van der Waals surface area contributed by atoms with E-state index in [2.05, 4.69) is 22.5 Å². The van der Waals surface area contributed by atoms with Crippen molar-refractivity contribution in [1.82, 2.24) is 15.5 Å². The highest BCUT2D eigenvalue weighted by atomic mass is 127. The van der Waals surface area contributed by atoms with E-state index in [0.29, 0.717) is 23.8 Å². The van der Waals surface area contributed by atoms with Gasteiger partial charge in [0.1, 0.15) is 0 Å². The van der Waals surface area contributed by atoms with Crippen molar-refractivity contribution in [3.8, 4) is 17.2 Å². The largest absolute Gasteiger partial charge is 0.493 e. The third kappa shape index (κ3) is 8.46. The van der Waals surface area contributed by atoms with Gasteiger partial charge in [-0.1, -0.05) is 0 Å². The molecule has 1 saturated heterocycles. The number of nitrogens with one attached hydrogen (secondary N) is 2. The van der Waals surface area contributed by atoms with Gasteiger partial charge in [0.05, 0.1) is 27.9 Å². The van der Waals surface area contributed by atoms with Gasteiger partial charge in [0.2, 0.25) is 5.75 Å². The quantitative estimate of drug-likeness (QED) is 0.202. The van der Waals surface area contributed by atoms with E-state index in [-0.39, 0.29) is 24.0 Å². The summed E-state index contributed by atoms with van der Waals surface area (Å²) in [5.41, 5.74) is 1.00. The van der Waals surface area contributed by atoms with Crippen LogP contribution < -0.4 is 24.8 Å². The van der Waals surface area contributed by atoms with E-state index in [9.17, 15) is 0 Å². The van der Waals surface area contributed by atoms with E-state index in [1.807, 2.05) is 12.1 Å². The Bertz CT molecular complexity index is 597. The lowest BCUT2D eigenvalue weighted by Crippen LogP contribution is -2.38. The second-order valence-corrected chi connectivity index (χ2v) is 6.91. The van der Waals surface area contributed by atoms with Crippen molar-refractivity contribution in [2.75, 3.05) is 54.1 Å². The summed E-state index contributed by atoms with van der Waals surface area (Å²) >= 11 is 0. The first kappa shape index (κ1) is 25.6. The minimum absolute atomic E-state index is 0. The molecule has 0 bridgehead atoms. The topological polar surface area (TPSA) is 67.4 Å². The highest BCUT2D eigenvalue weighted by molar-refractivity contribution is 14.0. The number of benzene rings is 1. The van der Waals surface area contributed by atoms with Crippen LogP contribution in [0.15, 0.2) is 17.1 Å². The van der Waals surface area contributed by atoms with Gasteiger partial charge in [0, 0.05) is 13.1 Å². The van der Waals surface area contributed by atoms with Crippen LogP contribution in [-0.4, -0.2) is 64.9 Å². The fraction of sp³-hybridized carbons (Fsp3) is 0.667. The summed E-state index contributed by atoms with van der Waals surface area (Å²) in [5.74, 6) is 2.72. The van der Waals surface area contributed by atoms with Crippen molar-refractivity contribution in [3.63, 3.8) is 0 Å². The molecule has 29 heavy (non-hydrogen) atoms. The van der Waals surface area contributed by atoms with E-state index in [1.54, 1.807) is 21.3 Å². The Labute approximate surface area is 192 Å². The molecule has 8 heteroatoms. The van der Waals surface area contributed by atoms with Crippen LogP contribution in [0.3, 0.4) is 0 Å². The second-order valence-electron chi connectivity index (χ2n) is 6.91. The van der Waals surface area contributed by atoms with E-state index >= 15 is 0 Å². The van der Waals surface area contributed by atoms with Crippen molar-refractivity contribution < 1.29 is 14.2 Å². The lowest BCUT2D eigenvalue weighted by Gasteiger charge is -2.15. The number of hydrogen-bond donors (Lipinski definition) is 2. The third-order valence-electron chi connectivity index (χ3n) is 4.88. The molecule has 1 aromatic rings. The highest BCUT2D eigenvalue weighted by Crippen LogP contribution is 2.38. The predicted molar refractivity (Wildman–Crippen MR) is 129 cm³/mol. The molecule has 0 aliphatic carbocycles. The standard InChI is InChI=1S/C21H36N4O3.HI/c1-5-22-21(23-10-6-7-11-25-12-8-9-13-25)24-16-17-14-18(26-2)20(28-4)19(15-17)27-3;/h14-15H,5-13,16H2,1-4H3,(H2,22,23,24);1H. The number of hydrogen-bond acceptors (Lipinski definition) is 5. The van der Waals surface area contributed by atoms with Gasteiger partial charge in [-0.3, -0.25) is 0 Å². The zero-order valence-electron chi connectivity index (χ0n) is 18.3. The number of unbranched alkanes of at least 4 members (excludes halogenated alkanes) is 1. The smallest absolute Gasteiger partial charge is 0.203 e. The first-order chi connectivity index (χ1) is 13.7. The van der Waals surface area contributed by atoms with Crippen LogP contribution in [0.2, 0.25) is 0 Å². The second kappa shape index (κ2) is 14.5. The van der Waals surface area contributed by atoms with Crippen LogP contribution >= 0.6 is 24.0 Å². The van der Waals surface area contributed by atoms with Crippen molar-refractivity contribution in [2.45, 2.75) is 39.2 Å². The number of methoxy groups -OCH3 is 3. The Morgan fingerprint density at radius 3 is 2.21 bits per heavy atom. The summed E-state index contributed by atoms with van der Waals surface area (Å²) in [7, 11) is 4.85. The summed E-state index contributed by atoms with van der Waals surface area (Å²) in [4.78, 5) is 7.26. The fourth-order valence-corrected chi connectivity index (χ4v) is 3.41. The van der Waals surface area contributed by atoms with Gasteiger partial charge in [-0.25, -0.2) is 4.99 Å². The number of ether oxygens (including phenoxy) is 3. The molecule has 166 valence electrons. The normalized spacial score (nSPS) is 14.3. The Kier molecular flexibility index (Phi) is 12.8. The van der Waals surface area contributed by atoms with Crippen molar-refractivity contribution in [2.24, 2.45) is 4.99 Å². The number of nitrogens with zero attached hydrogens (tertiary/aromatic N) is 2. The molecule has 2 rings (SSSR count). The first-order valence-corrected chi connectivity index (χ1v) is 10.2. The molecule has 0 amide bonds. The Morgan fingerprint density at radius 2 is 1.66 bits per heavy atom. The fourth-order valence-electron chi connectivity index (χ4n) is 3.41. The van der Waals surface area contributed by atoms with Gasteiger partial charge < -0.3 is 29.7 Å². The number of guanidine groups is 1. The van der Waals surface area contributed by atoms with Gasteiger partial charge in [-0.2, -0.15) is 0 Å². The molecule has 0 aromatic heterocycles. The average molecular weight is 520 g/mol. The van der Waals surface area contributed by atoms with Crippen molar-refractivity contribution in [3.05, 3.63) is 17.7 Å². The van der Waals surface area contributed by atoms with Crippen molar-refractivity contribution in [1.29, 1.82) is 0 Å². The van der Waals surface area contributed by atoms with Gasteiger partial charge in [-0.15, -0.1) is 24.0 Å². The highest BCUT2D eigenvalue weighted by Gasteiger charge is 2.13. The van der Waals surface area contributed by atoms with Gasteiger partial charge in [0.25, 0.3) is 0 Å². The molecule has 1 fully saturated rings. The van der Waals surface area contributed by atoms with Crippen LogP contribution in [0.25, 0.3) is 0 Å². The summed E-state index contributed by atoms with van der Waals surface area (Å²) in [5, 5.41) is 6.74. The van der Waals surface area contributed by atoms with Crippen LogP contribution in [0.4, 0.5) is 0 Å². The molecule has 0 atom stereocenters. The molecule has 0 unspecified atom stereocenters. The first-order valence-electron chi connectivity index (χ1n) is 10.2. The Balaban J connectivity index is 0.00000420. The minimum Gasteiger partial charge on any atom is -0.493 e. The van der Waals surface area contributed by atoms with E-state index < -0.39 is 0 Å². The monoisotopic (exact) mass is 520 g/mol. The van der Waals surface area contributed by atoms with Crippen LogP contribution in [0.5, 0.6) is 17.2 Å². The molecular weight excluding hydrogens is 483 g/mol. The number of likely N-dealkylation sites (tertiary alicyclic amines) is 1. The molecule has 7 nitrogen and oxygen atoms in total. The van der Waals surface area contributed by atoms with E-state index in [1.165, 1.54) is 38.9 Å². The zero-order valence-corrected chi connectivity index (χ0v) is 20.6. The number of rotatable bonds is 11. The maximum atomic E-state index is 5.42. The van der Waals surface area contributed by atoms with Crippen LogP contribution in [0.1, 0.15) is 38.2 Å². The zero-order chi connectivity index (χ0) is 20.2. The SMILES string of the molecule is CCNC(=NCc1cc(OC)c(OC)c(OC)c1)NCCCCN1CCCC1.I. The summed E-state index contributed by atoms with van der Waals surface area (Å²) < 4.78 is 16.2. The third-order valence-corrected chi connectivity index (χ3v) is 4.88. The molecule has 0 spiro atoms. The molecular formula is C21H37IN4O3. The lowest BCUT2D eigenvalue weighted by molar-refractivity contribution is 0.324. The summed E-state index contributed by atoms with van der Waals surface area (Å²) in [6, 6.07) is 3.87. The lowest BCUT2D eigenvalue weighted by atomic mass is 10.2. The predicted octanol–water partition coefficient (Wildman–Crippen LogP) is 3.26. The molecule has 0 saturated carbocycles. The Hall–Kier alpha value is -1.42. The molecule has 1 aromatic carbocycles. The minimum atomic E-state index is 0. The van der Waals surface area contributed by atoms with E-state index in [4.69, 9.17) is 19.2 Å². The van der Waals surface area contributed by atoms with Crippen LogP contribution in [-0.2, 0) is 6.54 Å². The summed E-state index contributed by atoms with van der Waals surface area (Å²) in [6.07, 6.45) is 5.08. The molecule has 1 aliphatic rings. The van der Waals surface area contributed by atoms with Crippen LogP contribution in [0, 0.1) is 0 Å².